The molecule has 0 atom stereocenters. The summed E-state index contributed by atoms with van der Waals surface area (Å²) < 4.78 is 6.48. The summed E-state index contributed by atoms with van der Waals surface area (Å²) in [5.41, 5.74) is 1.65. The predicted molar refractivity (Wildman–Crippen MR) is 90.1 cm³/mol. The third kappa shape index (κ3) is 3.54. The van der Waals surface area contributed by atoms with Crippen LogP contribution in [0.1, 0.15) is 10.4 Å². The number of nitrogens with one attached hydrogen (secondary N) is 1. The smallest absolute Gasteiger partial charge is 0.337 e. The number of amides is 1. The van der Waals surface area contributed by atoms with E-state index < -0.39 is 5.97 Å². The molecular weight excluding hydrogens is 328 g/mol. The fourth-order valence-electron chi connectivity index (χ4n) is 2.09. The Hall–Kier alpha value is -2.87. The summed E-state index contributed by atoms with van der Waals surface area (Å²) in [7, 11) is 1.31. The fraction of sp³-hybridized carbons (Fsp3) is 0.125. The van der Waals surface area contributed by atoms with Crippen LogP contribution in [0, 0.1) is 0 Å². The average Bonchev–Trinajstić information content (AvgIpc) is 3.03. The molecule has 0 aliphatic rings. The number of esters is 1. The molecule has 1 aromatic carbocycles. The number of anilines is 1. The van der Waals surface area contributed by atoms with Crippen LogP contribution in [0.2, 0.25) is 0 Å². The van der Waals surface area contributed by atoms with Crippen LogP contribution in [0.5, 0.6) is 0 Å². The van der Waals surface area contributed by atoms with Gasteiger partial charge in [-0.15, -0.1) is 10.2 Å². The molecule has 2 heterocycles. The highest BCUT2D eigenvalue weighted by Crippen LogP contribution is 2.17. The first-order valence-corrected chi connectivity index (χ1v) is 8.07. The molecule has 0 saturated heterocycles. The molecule has 3 rings (SSSR count). The first-order valence-electron chi connectivity index (χ1n) is 7.08. The molecule has 0 fully saturated rings. The lowest BCUT2D eigenvalue weighted by Crippen LogP contribution is -2.14. The number of carbonyl (C=O) groups excluding carboxylic acids is 2. The van der Waals surface area contributed by atoms with Crippen molar-refractivity contribution in [1.82, 2.24) is 14.6 Å². The summed E-state index contributed by atoms with van der Waals surface area (Å²) in [6.07, 6.45) is 1.84. The highest BCUT2D eigenvalue weighted by atomic mass is 32.2. The highest BCUT2D eigenvalue weighted by Gasteiger charge is 2.10. The van der Waals surface area contributed by atoms with Gasteiger partial charge in [0.2, 0.25) is 5.91 Å². The zero-order valence-electron chi connectivity index (χ0n) is 12.8. The zero-order chi connectivity index (χ0) is 16.9. The van der Waals surface area contributed by atoms with Gasteiger partial charge in [-0.3, -0.25) is 9.20 Å². The summed E-state index contributed by atoms with van der Waals surface area (Å²) in [4.78, 5) is 23.6. The van der Waals surface area contributed by atoms with E-state index >= 15 is 0 Å². The van der Waals surface area contributed by atoms with Gasteiger partial charge in [-0.25, -0.2) is 4.79 Å². The Labute approximate surface area is 142 Å². The lowest BCUT2D eigenvalue weighted by molar-refractivity contribution is -0.113. The lowest BCUT2D eigenvalue weighted by atomic mass is 10.2. The summed E-state index contributed by atoms with van der Waals surface area (Å²) in [6.45, 7) is 0. The minimum Gasteiger partial charge on any atom is -0.465 e. The first kappa shape index (κ1) is 16.0. The number of ether oxygens (including phenoxy) is 1. The van der Waals surface area contributed by atoms with Gasteiger partial charge in [-0.05, 0) is 30.3 Å². The summed E-state index contributed by atoms with van der Waals surface area (Å²) in [5, 5.41) is 11.5. The summed E-state index contributed by atoms with van der Waals surface area (Å²) >= 11 is 1.28. The number of pyridine rings is 1. The molecule has 3 aromatic rings. The minimum atomic E-state index is -0.449. The third-order valence-corrected chi connectivity index (χ3v) is 4.13. The molecule has 2 aromatic heterocycles. The van der Waals surface area contributed by atoms with Crippen LogP contribution in [0.3, 0.4) is 0 Å². The van der Waals surface area contributed by atoms with Crippen LogP contribution in [0.15, 0.2) is 53.8 Å². The molecule has 7 nitrogen and oxygen atoms in total. The van der Waals surface area contributed by atoms with E-state index in [0.29, 0.717) is 16.4 Å². The van der Waals surface area contributed by atoms with Crippen LogP contribution >= 0.6 is 11.8 Å². The Morgan fingerprint density at radius 3 is 2.92 bits per heavy atom. The van der Waals surface area contributed by atoms with Crippen LogP contribution in [0.4, 0.5) is 5.69 Å². The second-order valence-corrected chi connectivity index (χ2v) is 5.76. The van der Waals surface area contributed by atoms with Gasteiger partial charge in [0, 0.05) is 11.9 Å². The van der Waals surface area contributed by atoms with Gasteiger partial charge in [0.15, 0.2) is 10.8 Å². The minimum absolute atomic E-state index is 0.179. The van der Waals surface area contributed by atoms with Crippen LogP contribution < -0.4 is 5.32 Å². The van der Waals surface area contributed by atoms with Gasteiger partial charge < -0.3 is 10.1 Å². The molecule has 1 N–H and O–H groups in total. The molecule has 24 heavy (non-hydrogen) atoms. The Morgan fingerprint density at radius 1 is 1.21 bits per heavy atom. The van der Waals surface area contributed by atoms with Crippen molar-refractivity contribution in [3.8, 4) is 0 Å². The maximum Gasteiger partial charge on any atom is 0.337 e. The molecule has 8 heteroatoms. The third-order valence-electron chi connectivity index (χ3n) is 3.18. The zero-order valence-corrected chi connectivity index (χ0v) is 13.6. The molecular formula is C16H14N4O3S. The maximum absolute atomic E-state index is 12.1. The maximum atomic E-state index is 12.1. The van der Waals surface area contributed by atoms with Gasteiger partial charge >= 0.3 is 5.97 Å². The van der Waals surface area contributed by atoms with E-state index in [1.807, 2.05) is 28.8 Å². The van der Waals surface area contributed by atoms with Gasteiger partial charge in [-0.1, -0.05) is 23.9 Å². The molecule has 0 spiro atoms. The number of hydrogen-bond donors (Lipinski definition) is 1. The largest absolute Gasteiger partial charge is 0.465 e. The fourth-order valence-corrected chi connectivity index (χ4v) is 2.81. The Bertz CT molecular complexity index is 894. The first-order chi connectivity index (χ1) is 11.7. The number of rotatable bonds is 5. The van der Waals surface area contributed by atoms with Crippen LogP contribution in [0.25, 0.3) is 5.65 Å². The van der Waals surface area contributed by atoms with Crippen molar-refractivity contribution < 1.29 is 14.3 Å². The molecule has 0 radical (unpaired) electrons. The highest BCUT2D eigenvalue weighted by molar-refractivity contribution is 7.99. The van der Waals surface area contributed by atoms with E-state index in [1.54, 1.807) is 24.3 Å². The number of hydrogen-bond acceptors (Lipinski definition) is 6. The van der Waals surface area contributed by atoms with Crippen molar-refractivity contribution in [2.45, 2.75) is 5.16 Å². The van der Waals surface area contributed by atoms with Crippen LogP contribution in [-0.2, 0) is 9.53 Å². The van der Waals surface area contributed by atoms with Gasteiger partial charge in [0.05, 0.1) is 18.4 Å². The summed E-state index contributed by atoms with van der Waals surface area (Å²) in [6, 6.07) is 12.2. The van der Waals surface area contributed by atoms with Crippen molar-refractivity contribution in [3.05, 3.63) is 54.2 Å². The Kier molecular flexibility index (Phi) is 4.76. The lowest BCUT2D eigenvalue weighted by Gasteiger charge is -2.06. The molecule has 0 unspecified atom stereocenters. The SMILES string of the molecule is COC(=O)c1cccc(NC(=O)CSc2nnc3ccccn23)c1. The van der Waals surface area contributed by atoms with E-state index in [0.717, 1.165) is 5.65 Å². The van der Waals surface area contributed by atoms with Crippen LogP contribution in [-0.4, -0.2) is 39.3 Å². The van der Waals surface area contributed by atoms with E-state index in [9.17, 15) is 9.59 Å². The van der Waals surface area contributed by atoms with Gasteiger partial charge in [-0.2, -0.15) is 0 Å². The number of aromatic nitrogens is 3. The molecule has 0 saturated carbocycles. The van der Waals surface area contributed by atoms with Gasteiger partial charge in [0.25, 0.3) is 0 Å². The predicted octanol–water partition coefficient (Wildman–Crippen LogP) is 2.25. The average molecular weight is 342 g/mol. The number of nitrogens with zero attached hydrogens (tertiary/aromatic N) is 3. The van der Waals surface area contributed by atoms with E-state index in [-0.39, 0.29) is 11.7 Å². The summed E-state index contributed by atoms with van der Waals surface area (Å²) in [5.74, 6) is -0.469. The van der Waals surface area contributed by atoms with Crippen molar-refractivity contribution in [1.29, 1.82) is 0 Å². The van der Waals surface area contributed by atoms with Crippen molar-refractivity contribution >= 4 is 35.0 Å². The van der Waals surface area contributed by atoms with E-state index in [1.165, 1.54) is 18.9 Å². The second-order valence-electron chi connectivity index (χ2n) is 4.82. The number of thioether (sulfide) groups is 1. The van der Waals surface area contributed by atoms with Crippen molar-refractivity contribution in [3.63, 3.8) is 0 Å². The molecule has 0 aliphatic carbocycles. The molecule has 0 bridgehead atoms. The van der Waals surface area contributed by atoms with Gasteiger partial charge in [0.1, 0.15) is 0 Å². The number of methoxy groups -OCH3 is 1. The normalized spacial score (nSPS) is 10.5. The Morgan fingerprint density at radius 2 is 2.08 bits per heavy atom. The Balaban J connectivity index is 1.63. The van der Waals surface area contributed by atoms with Crippen molar-refractivity contribution in [2.75, 3.05) is 18.2 Å². The topological polar surface area (TPSA) is 85.6 Å². The standard InChI is InChI=1S/C16H14N4O3S/c1-23-15(22)11-5-4-6-12(9-11)17-14(21)10-24-16-19-18-13-7-2-3-8-20(13)16/h2-9H,10H2,1H3,(H,17,21). The molecule has 122 valence electrons. The van der Waals surface area contributed by atoms with Crippen molar-refractivity contribution in [2.24, 2.45) is 0 Å². The monoisotopic (exact) mass is 342 g/mol. The number of carbonyl (C=O) groups is 2. The second kappa shape index (κ2) is 7.14. The number of benzene rings is 1. The quantitative estimate of drug-likeness (QED) is 0.565. The molecule has 0 aliphatic heterocycles. The van der Waals surface area contributed by atoms with E-state index in [4.69, 9.17) is 0 Å². The molecule has 1 amide bonds. The number of fused-ring (bicyclic) bond motifs is 1. The van der Waals surface area contributed by atoms with E-state index in [2.05, 4.69) is 20.3 Å².